The standard InChI is InChI=1S/8C4H10O.4H2O.4Ti/c8*1-2-3-4-5;;;;;;;;/h8*5H,2-4H2,1H3;4*1H2;;;;. The molecule has 0 aliphatic rings. The molecule has 0 radical (unpaired) electrons. The molecule has 0 unspecified atom stereocenters. The van der Waals surface area contributed by atoms with Gasteiger partial charge in [-0.15, -0.1) is 0 Å². The Morgan fingerprint density at radius 1 is 0.208 bits per heavy atom. The molecule has 0 aromatic carbocycles. The largest absolute Gasteiger partial charge is 0.412 e. The number of rotatable bonds is 16. The van der Waals surface area contributed by atoms with Crippen LogP contribution in [0.5, 0.6) is 0 Å². The zero-order chi connectivity index (χ0) is 33.0. The molecule has 12 nitrogen and oxygen atoms in total. The van der Waals surface area contributed by atoms with E-state index in [2.05, 4.69) is 55.4 Å². The Morgan fingerprint density at radius 2 is 0.271 bits per heavy atom. The Balaban J connectivity index is -0.0000000170. The first-order valence-electron chi connectivity index (χ1n) is 16.2. The van der Waals surface area contributed by atoms with E-state index in [1.165, 1.54) is 0 Å². The third kappa shape index (κ3) is 322. The van der Waals surface area contributed by atoms with Gasteiger partial charge in [0.2, 0.25) is 0 Å². The second-order valence-electron chi connectivity index (χ2n) is 8.62. The van der Waals surface area contributed by atoms with E-state index in [0.29, 0.717) is 52.9 Å². The molecule has 48 heavy (non-hydrogen) atoms. The van der Waals surface area contributed by atoms with Crippen LogP contribution in [0.3, 0.4) is 0 Å². The molecule has 0 amide bonds. The smallest absolute Gasteiger partial charge is 0.0430 e. The van der Waals surface area contributed by atoms with E-state index in [1.54, 1.807) is 0 Å². The second kappa shape index (κ2) is 166. The summed E-state index contributed by atoms with van der Waals surface area (Å²) in [6, 6.07) is 0. The Kier molecular flexibility index (Phi) is 360. The fourth-order valence-electron chi connectivity index (χ4n) is 1.26. The number of hydrogen-bond donors (Lipinski definition) is 8. The van der Waals surface area contributed by atoms with Crippen LogP contribution in [0.4, 0.5) is 0 Å². The van der Waals surface area contributed by atoms with Crippen molar-refractivity contribution in [3.63, 3.8) is 0 Å². The van der Waals surface area contributed by atoms with Crippen LogP contribution in [0.25, 0.3) is 0 Å². The Morgan fingerprint density at radius 3 is 0.271 bits per heavy atom. The normalized spacial score (nSPS) is 7.00. The maximum absolute atomic E-state index is 8.07. The fourth-order valence-corrected chi connectivity index (χ4v) is 1.26. The predicted molar refractivity (Wildman–Crippen MR) is 190 cm³/mol. The van der Waals surface area contributed by atoms with Crippen molar-refractivity contribution in [2.45, 2.75) is 158 Å². The van der Waals surface area contributed by atoms with Crippen molar-refractivity contribution < 1.29 is 150 Å². The molecule has 16 heteroatoms. The van der Waals surface area contributed by atoms with E-state index in [1.807, 2.05) is 0 Å². The van der Waals surface area contributed by atoms with Gasteiger partial charge in [-0.3, -0.25) is 0 Å². The van der Waals surface area contributed by atoms with E-state index in [9.17, 15) is 0 Å². The van der Waals surface area contributed by atoms with E-state index in [0.717, 1.165) is 103 Å². The number of unbranched alkanes of at least 4 members (excludes halogenated alkanes) is 8. The van der Waals surface area contributed by atoms with Crippen molar-refractivity contribution in [2.24, 2.45) is 0 Å². The molecular weight excluding hydrogens is 768 g/mol. The summed E-state index contributed by atoms with van der Waals surface area (Å²) in [5.74, 6) is 0. The maximum Gasteiger partial charge on any atom is 0.0430 e. The first-order chi connectivity index (χ1) is 19.3. The second-order valence-corrected chi connectivity index (χ2v) is 8.62. The summed E-state index contributed by atoms with van der Waals surface area (Å²) in [5.41, 5.74) is 0. The number of aliphatic hydroxyl groups is 8. The molecule has 0 spiro atoms. The van der Waals surface area contributed by atoms with Crippen molar-refractivity contribution in [2.75, 3.05) is 52.9 Å². The zero-order valence-electron chi connectivity index (χ0n) is 32.5. The predicted octanol–water partition coefficient (Wildman–Crippen LogP) is 2.92. The molecule has 0 aliphatic heterocycles. The SMILES string of the molecule is CCCCO.CCCCO.CCCCO.CCCCO.CCCCO.CCCCO.CCCCO.CCCCO.O.O.O.O.[Ti].[Ti].[Ti].[Ti]. The maximum atomic E-state index is 8.07. The van der Waals surface area contributed by atoms with E-state index >= 15 is 0 Å². The molecule has 0 fully saturated rings. The van der Waals surface area contributed by atoms with Crippen LogP contribution in [0, 0.1) is 0 Å². The minimum atomic E-state index is 0. The summed E-state index contributed by atoms with van der Waals surface area (Å²) in [4.78, 5) is 0. The first kappa shape index (κ1) is 104. The third-order valence-electron chi connectivity index (χ3n) is 4.09. The van der Waals surface area contributed by atoms with Crippen LogP contribution in [-0.4, -0.2) is 116 Å². The molecule has 0 aromatic rings. The van der Waals surface area contributed by atoms with Crippen LogP contribution in [-0.2, 0) is 86.9 Å². The summed E-state index contributed by atoms with van der Waals surface area (Å²) < 4.78 is 0. The van der Waals surface area contributed by atoms with Crippen LogP contribution < -0.4 is 0 Å². The van der Waals surface area contributed by atoms with Gasteiger partial charge in [0.15, 0.2) is 0 Å². The average Bonchev–Trinajstić information content (AvgIpc) is 2.95. The van der Waals surface area contributed by atoms with Gasteiger partial charge in [0.1, 0.15) is 0 Å². The van der Waals surface area contributed by atoms with E-state index in [4.69, 9.17) is 40.9 Å². The molecule has 0 bridgehead atoms. The van der Waals surface area contributed by atoms with Crippen LogP contribution in [0.15, 0.2) is 0 Å². The summed E-state index contributed by atoms with van der Waals surface area (Å²) >= 11 is 0. The summed E-state index contributed by atoms with van der Waals surface area (Å²) in [7, 11) is 0. The first-order valence-corrected chi connectivity index (χ1v) is 16.2. The van der Waals surface area contributed by atoms with Crippen molar-refractivity contribution >= 4 is 0 Å². The minimum absolute atomic E-state index is 0. The fraction of sp³-hybridized carbons (Fsp3) is 1.00. The molecule has 0 aliphatic carbocycles. The molecule has 0 atom stereocenters. The van der Waals surface area contributed by atoms with Gasteiger partial charge < -0.3 is 62.8 Å². The summed E-state index contributed by atoms with van der Waals surface area (Å²) in [6.45, 7) is 19.2. The third-order valence-corrected chi connectivity index (χ3v) is 4.09. The quantitative estimate of drug-likeness (QED) is 0.107. The van der Waals surface area contributed by atoms with Crippen LogP contribution >= 0.6 is 0 Å². The molecule has 0 saturated carbocycles. The van der Waals surface area contributed by atoms with Gasteiger partial charge >= 0.3 is 0 Å². The molecule has 16 N–H and O–H groups in total. The van der Waals surface area contributed by atoms with Crippen LogP contribution in [0.1, 0.15) is 158 Å². The summed E-state index contributed by atoms with van der Waals surface area (Å²) in [5, 5.41) is 64.5. The monoisotopic (exact) mass is 856 g/mol. The van der Waals surface area contributed by atoms with Crippen molar-refractivity contribution in [1.29, 1.82) is 0 Å². The average molecular weight is 857 g/mol. The number of aliphatic hydroxyl groups excluding tert-OH is 8. The van der Waals surface area contributed by atoms with Crippen molar-refractivity contribution in [3.8, 4) is 0 Å². The molecule has 0 saturated heterocycles. The molecule has 0 heterocycles. The van der Waals surface area contributed by atoms with Gasteiger partial charge in [0.25, 0.3) is 0 Å². The number of hydrogen-bond acceptors (Lipinski definition) is 8. The zero-order valence-corrected chi connectivity index (χ0v) is 38.8. The minimum Gasteiger partial charge on any atom is -0.412 e. The van der Waals surface area contributed by atoms with Crippen molar-refractivity contribution in [3.05, 3.63) is 0 Å². The van der Waals surface area contributed by atoms with Gasteiger partial charge in [0.05, 0.1) is 0 Å². The molecular formula is C32H88O12Ti4. The van der Waals surface area contributed by atoms with Gasteiger partial charge in [-0.1, -0.05) is 107 Å². The topological polar surface area (TPSA) is 288 Å². The molecule has 0 rings (SSSR count). The van der Waals surface area contributed by atoms with Gasteiger partial charge in [-0.25, -0.2) is 0 Å². The molecule has 0 aromatic heterocycles. The van der Waals surface area contributed by atoms with Crippen LogP contribution in [0.2, 0.25) is 0 Å². The Bertz CT molecular complexity index is 189. The Labute approximate surface area is 357 Å². The summed E-state index contributed by atoms with van der Waals surface area (Å²) in [6.07, 6.45) is 16.3. The van der Waals surface area contributed by atoms with Gasteiger partial charge in [0, 0.05) is 140 Å². The van der Waals surface area contributed by atoms with Crippen molar-refractivity contribution in [1.82, 2.24) is 0 Å². The van der Waals surface area contributed by atoms with E-state index in [-0.39, 0.29) is 109 Å². The van der Waals surface area contributed by atoms with Gasteiger partial charge in [-0.05, 0) is 51.4 Å². The van der Waals surface area contributed by atoms with E-state index < -0.39 is 0 Å². The molecule has 304 valence electrons. The van der Waals surface area contributed by atoms with Gasteiger partial charge in [-0.2, -0.15) is 0 Å². The Hall–Kier alpha value is 2.38.